The lowest BCUT2D eigenvalue weighted by molar-refractivity contribution is -0.438. The molecule has 0 spiro atoms. The number of unbranched alkanes of at least 4 members (excludes halogenated alkanes) is 4. The third-order valence-corrected chi connectivity index (χ3v) is 15.0. The van der Waals surface area contributed by atoms with Gasteiger partial charge in [0.1, 0.15) is 12.3 Å². The second-order valence-corrected chi connectivity index (χ2v) is 20.8. The third kappa shape index (κ3) is 10.1. The maximum atomic E-state index is 13.7. The first kappa shape index (κ1) is 50.1. The van der Waals surface area contributed by atoms with Crippen molar-refractivity contribution in [3.05, 3.63) is 177 Å². The topological polar surface area (TPSA) is 74.4 Å². The molecule has 2 aliphatic heterocycles. The van der Waals surface area contributed by atoms with Crippen LogP contribution < -0.4 is 10.2 Å². The highest BCUT2D eigenvalue weighted by Gasteiger charge is 2.45. The molecule has 70 heavy (non-hydrogen) atoms. The molecule has 2 aliphatic rings. The smallest absolute Gasteiger partial charge is 0.262 e. The molecular weight excluding hydrogens is 884 g/mol. The highest BCUT2D eigenvalue weighted by Crippen LogP contribution is 2.48. The zero-order valence-electron chi connectivity index (χ0n) is 42.6. The van der Waals surface area contributed by atoms with Crippen LogP contribution in [-0.2, 0) is 33.3 Å². The van der Waals surface area contributed by atoms with Gasteiger partial charge in [0.2, 0.25) is 11.6 Å². The number of ketones is 1. The van der Waals surface area contributed by atoms with Crippen molar-refractivity contribution in [1.82, 2.24) is 9.88 Å². The Labute approximate surface area is 420 Å². The first-order valence-electron chi connectivity index (χ1n) is 25.5. The molecule has 0 aliphatic carbocycles. The van der Waals surface area contributed by atoms with Crippen LogP contribution in [0, 0.1) is 13.8 Å². The van der Waals surface area contributed by atoms with Gasteiger partial charge in [0.05, 0.1) is 17.4 Å². The summed E-state index contributed by atoms with van der Waals surface area (Å²) in [7, 11) is 0. The van der Waals surface area contributed by atoms with Crippen molar-refractivity contribution >= 4 is 68.0 Å². The molecule has 362 valence electrons. The maximum Gasteiger partial charge on any atom is 0.262 e. The number of nitrogens with one attached hydrogen (secondary N) is 1. The highest BCUT2D eigenvalue weighted by atomic mass is 35.5. The molecule has 0 atom stereocenters. The Balaban J connectivity index is 0.846. The van der Waals surface area contributed by atoms with E-state index in [1.165, 1.54) is 57.5 Å². The fraction of sp³-hybridized carbons (Fsp3) is 0.355. The summed E-state index contributed by atoms with van der Waals surface area (Å²) in [4.78, 5) is 42.7. The van der Waals surface area contributed by atoms with Crippen molar-refractivity contribution in [2.45, 2.75) is 124 Å². The number of hydrogen-bond donors (Lipinski definition) is 1. The highest BCUT2D eigenvalue weighted by molar-refractivity contribution is 6.30. The molecule has 7 nitrogen and oxygen atoms in total. The second-order valence-electron chi connectivity index (χ2n) is 20.4. The quantitative estimate of drug-likeness (QED) is 0.0499. The number of carbonyl (C=O) groups is 3. The van der Waals surface area contributed by atoms with Crippen LogP contribution in [0.5, 0.6) is 0 Å². The number of carbonyl (C=O) groups excluding carboxylic acids is 3. The first-order chi connectivity index (χ1) is 33.6. The van der Waals surface area contributed by atoms with E-state index >= 15 is 0 Å². The molecule has 0 saturated heterocycles. The first-order valence-corrected chi connectivity index (χ1v) is 25.9. The Hall–Kier alpha value is -6.31. The SMILES string of the molecule is CCCCC[N+]1=C(/C=C/C=C/C=C2/N(CC)c3ccc(CC(=O)CCCCCNC(=O)Cc4c(C)n(C(=O)c5ccc(Cl)cc5)c5ccc(C)cc45)cc3C2(C)C)C(C)(C)c2c1ccc1ccccc21. The number of benzene rings is 5. The number of rotatable bonds is 19. The third-order valence-electron chi connectivity index (χ3n) is 14.7. The van der Waals surface area contributed by atoms with Crippen molar-refractivity contribution < 1.29 is 19.0 Å². The van der Waals surface area contributed by atoms with Gasteiger partial charge in [-0.3, -0.25) is 19.0 Å². The molecule has 6 aromatic rings. The number of halogens is 1. The molecule has 8 rings (SSSR count). The molecular formula is C62H70ClN4O3+. The lowest BCUT2D eigenvalue weighted by Crippen LogP contribution is -2.28. The maximum absolute atomic E-state index is 13.7. The molecule has 1 amide bonds. The monoisotopic (exact) mass is 954 g/mol. The molecule has 3 heterocycles. The summed E-state index contributed by atoms with van der Waals surface area (Å²) in [6.45, 7) is 20.1. The summed E-state index contributed by atoms with van der Waals surface area (Å²) in [5, 5.41) is 7.19. The van der Waals surface area contributed by atoms with Gasteiger partial charge in [-0.1, -0.05) is 111 Å². The van der Waals surface area contributed by atoms with Crippen molar-refractivity contribution in [2.24, 2.45) is 0 Å². The van der Waals surface area contributed by atoms with Crippen LogP contribution in [0.4, 0.5) is 11.4 Å². The van der Waals surface area contributed by atoms with Crippen molar-refractivity contribution in [2.75, 3.05) is 24.5 Å². The van der Waals surface area contributed by atoms with E-state index in [2.05, 4.69) is 141 Å². The minimum atomic E-state index is -0.229. The average Bonchev–Trinajstić information content (AvgIpc) is 3.82. The molecule has 1 N–H and O–H groups in total. The number of hydrogen-bond acceptors (Lipinski definition) is 4. The van der Waals surface area contributed by atoms with E-state index in [-0.39, 0.29) is 34.8 Å². The van der Waals surface area contributed by atoms with Gasteiger partial charge in [-0.05, 0) is 136 Å². The molecule has 0 fully saturated rings. The van der Waals surface area contributed by atoms with E-state index in [9.17, 15) is 14.4 Å². The Bertz CT molecular complexity index is 3090. The van der Waals surface area contributed by atoms with Crippen LogP contribution in [-0.4, -0.2) is 52.1 Å². The largest absolute Gasteiger partial charge is 0.356 e. The van der Waals surface area contributed by atoms with Crippen LogP contribution in [0.2, 0.25) is 5.02 Å². The van der Waals surface area contributed by atoms with Gasteiger partial charge in [-0.15, -0.1) is 0 Å². The number of allylic oxidation sites excluding steroid dienone is 6. The second kappa shape index (κ2) is 21.4. The van der Waals surface area contributed by atoms with Crippen molar-refractivity contribution in [1.29, 1.82) is 0 Å². The summed E-state index contributed by atoms with van der Waals surface area (Å²) in [5.74, 6) is -0.00909. The Morgan fingerprint density at radius 1 is 0.757 bits per heavy atom. The van der Waals surface area contributed by atoms with Gasteiger partial charge < -0.3 is 10.2 Å². The van der Waals surface area contributed by atoms with Gasteiger partial charge in [0.15, 0.2) is 5.71 Å². The lowest BCUT2D eigenvalue weighted by atomic mass is 9.79. The summed E-state index contributed by atoms with van der Waals surface area (Å²) in [6.07, 6.45) is 18.2. The van der Waals surface area contributed by atoms with Crippen LogP contribution >= 0.6 is 11.6 Å². The predicted molar refractivity (Wildman–Crippen MR) is 292 cm³/mol. The predicted octanol–water partition coefficient (Wildman–Crippen LogP) is 14.2. The zero-order valence-corrected chi connectivity index (χ0v) is 43.3. The van der Waals surface area contributed by atoms with Crippen LogP contribution in [0.15, 0.2) is 133 Å². The van der Waals surface area contributed by atoms with E-state index in [0.717, 1.165) is 72.1 Å². The van der Waals surface area contributed by atoms with Crippen molar-refractivity contribution in [3.8, 4) is 0 Å². The van der Waals surface area contributed by atoms with E-state index in [1.54, 1.807) is 28.8 Å². The molecule has 8 heteroatoms. The van der Waals surface area contributed by atoms with E-state index < -0.39 is 0 Å². The molecule has 0 saturated carbocycles. The average molecular weight is 955 g/mol. The summed E-state index contributed by atoms with van der Waals surface area (Å²) < 4.78 is 4.26. The minimum absolute atomic E-state index is 0.0848. The number of Topliss-reactive ketones (excluding diaryl/α,β-unsaturated/α-hetero) is 1. The summed E-state index contributed by atoms with van der Waals surface area (Å²) >= 11 is 6.09. The number of aryl methyl sites for hydroxylation is 1. The molecule has 0 bridgehead atoms. The number of amides is 1. The lowest BCUT2D eigenvalue weighted by Gasteiger charge is -2.25. The molecule has 0 radical (unpaired) electrons. The fourth-order valence-corrected chi connectivity index (χ4v) is 11.1. The normalized spacial score (nSPS) is 15.6. The number of nitrogens with zero attached hydrogens (tertiary/aromatic N) is 3. The number of aromatic nitrogens is 1. The van der Waals surface area contributed by atoms with Gasteiger partial charge >= 0.3 is 0 Å². The Morgan fingerprint density at radius 2 is 1.54 bits per heavy atom. The number of fused-ring (bicyclic) bond motifs is 5. The Morgan fingerprint density at radius 3 is 2.31 bits per heavy atom. The van der Waals surface area contributed by atoms with Gasteiger partial charge in [-0.2, -0.15) is 4.58 Å². The van der Waals surface area contributed by atoms with E-state index in [0.29, 0.717) is 30.0 Å². The van der Waals surface area contributed by atoms with Crippen LogP contribution in [0.25, 0.3) is 21.7 Å². The fourth-order valence-electron chi connectivity index (χ4n) is 11.0. The molecule has 5 aromatic carbocycles. The van der Waals surface area contributed by atoms with Crippen molar-refractivity contribution in [3.63, 3.8) is 0 Å². The number of anilines is 1. The van der Waals surface area contributed by atoms with Gasteiger partial charge in [0, 0.05) is 88.5 Å². The standard InChI is InChI=1S/C62H69ClN4O3/c1-9-11-20-37-66-55-35-30-45-21-17-18-23-49(45)59(55)62(7,8)57(66)25-16-12-15-24-56-61(5,6)52-40-44(27-34-54(52)65(56)10-2)39-48(68)22-14-13-19-36-64-58(69)41-50-43(4)67(53-33-26-42(3)38-51(50)53)60(70)46-28-31-47(63)32-29-46/h12,15-18,21,23-35,38,40H,9-11,13-14,19-20,22,36-37,39,41H2,1-8H3/p+1. The van der Waals surface area contributed by atoms with E-state index in [4.69, 9.17) is 11.6 Å². The minimum Gasteiger partial charge on any atom is -0.356 e. The van der Waals surface area contributed by atoms with Gasteiger partial charge in [-0.25, -0.2) is 0 Å². The van der Waals surface area contributed by atoms with Crippen LogP contribution in [0.3, 0.4) is 0 Å². The molecule has 0 unspecified atom stereocenters. The van der Waals surface area contributed by atoms with Gasteiger partial charge in [0.25, 0.3) is 5.91 Å². The molecule has 1 aromatic heterocycles. The Kier molecular flexibility index (Phi) is 15.3. The van der Waals surface area contributed by atoms with E-state index in [1.807, 2.05) is 32.0 Å². The zero-order chi connectivity index (χ0) is 49.7. The summed E-state index contributed by atoms with van der Waals surface area (Å²) in [5.41, 5.74) is 12.5. The summed E-state index contributed by atoms with van der Waals surface area (Å²) in [6, 6.07) is 32.8. The van der Waals surface area contributed by atoms with Crippen LogP contribution in [0.1, 0.15) is 130 Å². The number of likely N-dealkylation sites (N-methyl/N-ethyl adjacent to an activating group) is 1.